The maximum absolute atomic E-state index is 10.7. The fourth-order valence-electron chi connectivity index (χ4n) is 1.45. The molecule has 1 heterocycles. The van der Waals surface area contributed by atoms with Crippen molar-refractivity contribution in [2.75, 3.05) is 0 Å². The Morgan fingerprint density at radius 2 is 1.76 bits per heavy atom. The van der Waals surface area contributed by atoms with Crippen LogP contribution in [0, 0.1) is 6.92 Å². The molecule has 0 aliphatic carbocycles. The largest absolute Gasteiger partial charge is 0.325 e. The summed E-state index contributed by atoms with van der Waals surface area (Å²) >= 11 is 0. The average molecular weight is 227 g/mol. The van der Waals surface area contributed by atoms with Crippen LogP contribution in [0.2, 0.25) is 0 Å². The molecule has 1 aromatic heterocycles. The Morgan fingerprint density at radius 3 is 2.35 bits per heavy atom. The number of hydrogen-bond donors (Lipinski definition) is 0. The Hall–Kier alpha value is -2.23. The number of carbonyl (C=O) groups excluding carboxylic acids is 1. The van der Waals surface area contributed by atoms with Gasteiger partial charge in [-0.25, -0.2) is 0 Å². The molecule has 0 aliphatic rings. The van der Waals surface area contributed by atoms with E-state index in [1.54, 1.807) is 23.7 Å². The van der Waals surface area contributed by atoms with Gasteiger partial charge in [0.1, 0.15) is 0 Å². The quantitative estimate of drug-likeness (QED) is 0.584. The molecule has 0 amide bonds. The molecule has 2 rings (SSSR count). The van der Waals surface area contributed by atoms with Crippen molar-refractivity contribution in [3.63, 3.8) is 0 Å². The van der Waals surface area contributed by atoms with Crippen molar-refractivity contribution in [2.24, 2.45) is 17.3 Å². The van der Waals surface area contributed by atoms with E-state index in [0.29, 0.717) is 11.5 Å². The first-order chi connectivity index (χ1) is 8.20. The van der Waals surface area contributed by atoms with Crippen LogP contribution >= 0.6 is 0 Å². The molecule has 4 nitrogen and oxygen atoms in total. The summed E-state index contributed by atoms with van der Waals surface area (Å²) in [6.07, 6.45) is 0.797. The van der Waals surface area contributed by atoms with Crippen molar-refractivity contribution in [3.8, 4) is 0 Å². The molecule has 0 bridgehead atoms. The highest BCUT2D eigenvalue weighted by Gasteiger charge is 2.01. The van der Waals surface area contributed by atoms with E-state index in [1.807, 2.05) is 31.2 Å². The van der Waals surface area contributed by atoms with Crippen molar-refractivity contribution < 1.29 is 4.79 Å². The fraction of sp³-hybridized carbons (Fsp3) is 0.154. The predicted molar refractivity (Wildman–Crippen MR) is 66.2 cm³/mol. The number of hydrogen-bond acceptors (Lipinski definition) is 3. The molecule has 0 fully saturated rings. The highest BCUT2D eigenvalue weighted by Crippen LogP contribution is 2.19. The lowest BCUT2D eigenvalue weighted by atomic mass is 10.2. The van der Waals surface area contributed by atoms with Gasteiger partial charge in [0.05, 0.1) is 11.4 Å². The van der Waals surface area contributed by atoms with Crippen molar-refractivity contribution in [1.29, 1.82) is 0 Å². The molecule has 0 unspecified atom stereocenters. The highest BCUT2D eigenvalue weighted by atomic mass is 16.1. The van der Waals surface area contributed by atoms with Crippen LogP contribution in [-0.2, 0) is 7.05 Å². The van der Waals surface area contributed by atoms with E-state index < -0.39 is 0 Å². The maximum atomic E-state index is 10.7. The zero-order valence-electron chi connectivity index (χ0n) is 9.79. The molecule has 0 saturated heterocycles. The van der Waals surface area contributed by atoms with Crippen molar-refractivity contribution in [3.05, 3.63) is 47.7 Å². The zero-order chi connectivity index (χ0) is 12.3. The molecule has 0 saturated carbocycles. The van der Waals surface area contributed by atoms with Gasteiger partial charge in [-0.05, 0) is 31.2 Å². The second-order valence-electron chi connectivity index (χ2n) is 3.83. The topological polar surface area (TPSA) is 46.7 Å². The molecule has 86 valence electrons. The van der Waals surface area contributed by atoms with Gasteiger partial charge >= 0.3 is 0 Å². The first kappa shape index (κ1) is 11.3. The monoisotopic (exact) mass is 227 g/mol. The van der Waals surface area contributed by atoms with Crippen LogP contribution in [0.25, 0.3) is 0 Å². The Labute approximate surface area is 99.6 Å². The lowest BCUT2D eigenvalue weighted by molar-refractivity contribution is 0.111. The summed E-state index contributed by atoms with van der Waals surface area (Å²) in [6.45, 7) is 2.02. The third kappa shape index (κ3) is 2.47. The SMILES string of the molecule is Cc1ccc(N=Nc2ccc(C=O)n2C)cc1. The van der Waals surface area contributed by atoms with Crippen LogP contribution < -0.4 is 0 Å². The lowest BCUT2D eigenvalue weighted by Crippen LogP contribution is -1.92. The molecule has 2 aromatic rings. The predicted octanol–water partition coefficient (Wildman–Crippen LogP) is 3.56. The lowest BCUT2D eigenvalue weighted by Gasteiger charge is -1.97. The average Bonchev–Trinajstić information content (AvgIpc) is 2.69. The number of aldehydes is 1. The summed E-state index contributed by atoms with van der Waals surface area (Å²) in [6, 6.07) is 11.3. The van der Waals surface area contributed by atoms with Crippen LogP contribution in [0.4, 0.5) is 11.5 Å². The van der Waals surface area contributed by atoms with Crippen molar-refractivity contribution in [2.45, 2.75) is 6.92 Å². The third-order valence-corrected chi connectivity index (χ3v) is 2.56. The minimum Gasteiger partial charge on any atom is -0.325 e. The molecular weight excluding hydrogens is 214 g/mol. The van der Waals surface area contributed by atoms with Gasteiger partial charge in [-0.2, -0.15) is 0 Å². The van der Waals surface area contributed by atoms with Gasteiger partial charge < -0.3 is 4.57 Å². The summed E-state index contributed by atoms with van der Waals surface area (Å²) in [5, 5.41) is 8.22. The Kier molecular flexibility index (Phi) is 3.14. The maximum Gasteiger partial charge on any atom is 0.166 e. The van der Waals surface area contributed by atoms with Gasteiger partial charge in [0.15, 0.2) is 12.1 Å². The number of benzene rings is 1. The van der Waals surface area contributed by atoms with Crippen LogP contribution in [-0.4, -0.2) is 10.9 Å². The van der Waals surface area contributed by atoms with Crippen LogP contribution in [0.3, 0.4) is 0 Å². The van der Waals surface area contributed by atoms with E-state index in [4.69, 9.17) is 0 Å². The van der Waals surface area contributed by atoms with E-state index in [0.717, 1.165) is 12.0 Å². The molecule has 0 N–H and O–H groups in total. The zero-order valence-corrected chi connectivity index (χ0v) is 9.79. The van der Waals surface area contributed by atoms with Crippen LogP contribution in [0.15, 0.2) is 46.6 Å². The second kappa shape index (κ2) is 4.74. The van der Waals surface area contributed by atoms with Crippen LogP contribution in [0.5, 0.6) is 0 Å². The summed E-state index contributed by atoms with van der Waals surface area (Å²) in [5.74, 6) is 0.660. The summed E-state index contributed by atoms with van der Waals surface area (Å²) in [5.41, 5.74) is 2.57. The second-order valence-corrected chi connectivity index (χ2v) is 3.83. The number of azo groups is 1. The first-order valence-corrected chi connectivity index (χ1v) is 5.30. The van der Waals surface area contributed by atoms with E-state index >= 15 is 0 Å². The van der Waals surface area contributed by atoms with Crippen molar-refractivity contribution in [1.82, 2.24) is 4.57 Å². The molecule has 0 aliphatic heterocycles. The number of aryl methyl sites for hydroxylation is 1. The minimum absolute atomic E-state index is 0.586. The Morgan fingerprint density at radius 1 is 1.06 bits per heavy atom. The smallest absolute Gasteiger partial charge is 0.166 e. The first-order valence-electron chi connectivity index (χ1n) is 5.30. The number of carbonyl (C=O) groups is 1. The summed E-state index contributed by atoms with van der Waals surface area (Å²) < 4.78 is 1.70. The third-order valence-electron chi connectivity index (χ3n) is 2.56. The van der Waals surface area contributed by atoms with Crippen LogP contribution in [0.1, 0.15) is 16.1 Å². The molecule has 4 heteroatoms. The molecule has 0 spiro atoms. The van der Waals surface area contributed by atoms with Crippen molar-refractivity contribution >= 4 is 17.8 Å². The van der Waals surface area contributed by atoms with Gasteiger partial charge in [-0.15, -0.1) is 10.2 Å². The molecule has 17 heavy (non-hydrogen) atoms. The number of aromatic nitrogens is 1. The Balaban J connectivity index is 2.22. The van der Waals surface area contributed by atoms with E-state index in [9.17, 15) is 4.79 Å². The highest BCUT2D eigenvalue weighted by molar-refractivity contribution is 5.73. The number of nitrogens with zero attached hydrogens (tertiary/aromatic N) is 3. The molecule has 0 radical (unpaired) electrons. The van der Waals surface area contributed by atoms with Gasteiger partial charge in [0.25, 0.3) is 0 Å². The fourth-order valence-corrected chi connectivity index (χ4v) is 1.45. The molecular formula is C13H13N3O. The minimum atomic E-state index is 0.586. The molecule has 1 aromatic carbocycles. The summed E-state index contributed by atoms with van der Waals surface area (Å²) in [4.78, 5) is 10.7. The normalized spacial score (nSPS) is 10.9. The summed E-state index contributed by atoms with van der Waals surface area (Å²) in [7, 11) is 1.78. The Bertz CT molecular complexity index is 553. The van der Waals surface area contributed by atoms with Gasteiger partial charge in [0.2, 0.25) is 0 Å². The van der Waals surface area contributed by atoms with Gasteiger partial charge in [0, 0.05) is 7.05 Å². The number of rotatable bonds is 3. The standard InChI is InChI=1S/C13H13N3O/c1-10-3-5-11(6-4-10)14-15-13-8-7-12(9-17)16(13)2/h3-9H,1-2H3. The van der Waals surface area contributed by atoms with E-state index in [-0.39, 0.29) is 0 Å². The van der Waals surface area contributed by atoms with E-state index in [2.05, 4.69) is 10.2 Å². The van der Waals surface area contributed by atoms with E-state index in [1.165, 1.54) is 5.56 Å². The van der Waals surface area contributed by atoms with Gasteiger partial charge in [-0.1, -0.05) is 17.7 Å². The molecule has 0 atom stereocenters. The van der Waals surface area contributed by atoms with Gasteiger partial charge in [-0.3, -0.25) is 4.79 Å².